The maximum absolute atomic E-state index is 12.4. The van der Waals surface area contributed by atoms with Crippen molar-refractivity contribution in [1.82, 2.24) is 4.72 Å². The van der Waals surface area contributed by atoms with E-state index in [4.69, 9.17) is 5.11 Å². The summed E-state index contributed by atoms with van der Waals surface area (Å²) in [6.07, 6.45) is 0. The van der Waals surface area contributed by atoms with E-state index in [2.05, 4.69) is 16.6 Å². The second-order valence-electron chi connectivity index (χ2n) is 4.39. The zero-order valence-corrected chi connectivity index (χ0v) is 13.0. The Balaban J connectivity index is 2.23. The van der Waals surface area contributed by atoms with Gasteiger partial charge in [-0.3, -0.25) is 0 Å². The second kappa shape index (κ2) is 6.87. The summed E-state index contributed by atoms with van der Waals surface area (Å²) in [5.41, 5.74) is 1.48. The SMILES string of the molecule is CC(NS(=O)(=O)c1cccc(C#CCO)c1)c1ccsc1. The molecule has 0 spiro atoms. The van der Waals surface area contributed by atoms with Gasteiger partial charge in [-0.2, -0.15) is 11.3 Å². The zero-order valence-electron chi connectivity index (χ0n) is 11.4. The smallest absolute Gasteiger partial charge is 0.241 e. The molecular formula is C15H15NO3S2. The number of aliphatic hydroxyl groups is 1. The Kier molecular flexibility index (Phi) is 5.15. The van der Waals surface area contributed by atoms with Crippen LogP contribution in [-0.4, -0.2) is 20.1 Å². The first kappa shape index (κ1) is 15.7. The van der Waals surface area contributed by atoms with Crippen LogP contribution in [0.3, 0.4) is 0 Å². The molecule has 21 heavy (non-hydrogen) atoms. The van der Waals surface area contributed by atoms with Gasteiger partial charge in [0.05, 0.1) is 4.90 Å². The molecule has 6 heteroatoms. The lowest BCUT2D eigenvalue weighted by Gasteiger charge is -2.13. The number of nitrogens with one attached hydrogen (secondary N) is 1. The number of hydrogen-bond acceptors (Lipinski definition) is 4. The minimum atomic E-state index is -3.61. The van der Waals surface area contributed by atoms with E-state index in [1.54, 1.807) is 19.1 Å². The summed E-state index contributed by atoms with van der Waals surface area (Å²) in [6, 6.07) is 7.93. The predicted molar refractivity (Wildman–Crippen MR) is 83.5 cm³/mol. The first-order valence-electron chi connectivity index (χ1n) is 6.27. The number of hydrogen-bond donors (Lipinski definition) is 2. The lowest BCUT2D eigenvalue weighted by atomic mass is 10.2. The van der Waals surface area contributed by atoms with Crippen LogP contribution in [0, 0.1) is 11.8 Å². The van der Waals surface area contributed by atoms with E-state index in [0.717, 1.165) is 5.56 Å². The van der Waals surface area contributed by atoms with Gasteiger partial charge in [0.1, 0.15) is 6.61 Å². The van der Waals surface area contributed by atoms with Gasteiger partial charge in [0.15, 0.2) is 0 Å². The van der Waals surface area contributed by atoms with Crippen LogP contribution in [0.25, 0.3) is 0 Å². The zero-order chi connectivity index (χ0) is 15.3. The van der Waals surface area contributed by atoms with Gasteiger partial charge < -0.3 is 5.11 Å². The highest BCUT2D eigenvalue weighted by molar-refractivity contribution is 7.89. The number of sulfonamides is 1. The Morgan fingerprint density at radius 3 is 2.86 bits per heavy atom. The second-order valence-corrected chi connectivity index (χ2v) is 6.88. The van der Waals surface area contributed by atoms with Crippen LogP contribution in [0.1, 0.15) is 24.1 Å². The summed E-state index contributed by atoms with van der Waals surface area (Å²) in [5.74, 6) is 5.20. The summed E-state index contributed by atoms with van der Waals surface area (Å²) in [6.45, 7) is 1.54. The average molecular weight is 321 g/mol. The minimum Gasteiger partial charge on any atom is -0.384 e. The molecule has 0 aliphatic carbocycles. The lowest BCUT2D eigenvalue weighted by molar-refractivity contribution is 0.350. The first-order valence-corrected chi connectivity index (χ1v) is 8.70. The van der Waals surface area contributed by atoms with Gasteiger partial charge in [0, 0.05) is 11.6 Å². The summed E-state index contributed by atoms with van der Waals surface area (Å²) in [4.78, 5) is 0.161. The summed E-state index contributed by atoms with van der Waals surface area (Å²) < 4.78 is 27.4. The van der Waals surface area contributed by atoms with E-state index < -0.39 is 10.0 Å². The van der Waals surface area contributed by atoms with E-state index in [0.29, 0.717) is 5.56 Å². The molecule has 0 radical (unpaired) electrons. The van der Waals surface area contributed by atoms with Crippen LogP contribution in [0.2, 0.25) is 0 Å². The molecule has 1 atom stereocenters. The maximum Gasteiger partial charge on any atom is 0.241 e. The normalized spacial score (nSPS) is 12.5. The van der Waals surface area contributed by atoms with E-state index in [1.807, 2.05) is 16.8 Å². The molecule has 0 saturated heterocycles. The van der Waals surface area contributed by atoms with Crippen LogP contribution in [0.15, 0.2) is 46.0 Å². The van der Waals surface area contributed by atoms with Crippen LogP contribution < -0.4 is 4.72 Å². The molecule has 1 unspecified atom stereocenters. The predicted octanol–water partition coefficient (Wildman–Crippen LogP) is 2.13. The molecule has 2 aromatic rings. The molecule has 1 aromatic heterocycles. The monoisotopic (exact) mass is 321 g/mol. The van der Waals surface area contributed by atoms with Crippen LogP contribution in [0.4, 0.5) is 0 Å². The van der Waals surface area contributed by atoms with Crippen molar-refractivity contribution in [2.45, 2.75) is 17.9 Å². The van der Waals surface area contributed by atoms with Crippen LogP contribution in [0.5, 0.6) is 0 Å². The fourth-order valence-corrected chi connectivity index (χ4v) is 3.80. The number of aliphatic hydroxyl groups excluding tert-OH is 1. The topological polar surface area (TPSA) is 66.4 Å². The van der Waals surface area contributed by atoms with Crippen molar-refractivity contribution in [2.75, 3.05) is 6.61 Å². The molecule has 0 fully saturated rings. The quantitative estimate of drug-likeness (QED) is 0.848. The van der Waals surface area contributed by atoms with Gasteiger partial charge >= 0.3 is 0 Å². The maximum atomic E-state index is 12.4. The number of thiophene rings is 1. The molecule has 0 amide bonds. The highest BCUT2D eigenvalue weighted by atomic mass is 32.2. The van der Waals surface area contributed by atoms with Crippen molar-refractivity contribution in [2.24, 2.45) is 0 Å². The van der Waals surface area contributed by atoms with Crippen molar-refractivity contribution in [3.8, 4) is 11.8 Å². The first-order chi connectivity index (χ1) is 10.0. The van der Waals surface area contributed by atoms with E-state index in [-0.39, 0.29) is 17.5 Å². The van der Waals surface area contributed by atoms with Gasteiger partial charge in [-0.1, -0.05) is 17.9 Å². The van der Waals surface area contributed by atoms with Crippen molar-refractivity contribution in [3.05, 3.63) is 52.2 Å². The molecule has 110 valence electrons. The summed E-state index contributed by atoms with van der Waals surface area (Å²) in [5, 5.41) is 12.5. The van der Waals surface area contributed by atoms with Gasteiger partial charge in [0.2, 0.25) is 10.0 Å². The number of rotatable bonds is 4. The summed E-state index contributed by atoms with van der Waals surface area (Å²) in [7, 11) is -3.61. The fourth-order valence-electron chi connectivity index (χ4n) is 1.77. The molecule has 0 bridgehead atoms. The molecule has 0 aliphatic rings. The van der Waals surface area contributed by atoms with E-state index >= 15 is 0 Å². The van der Waals surface area contributed by atoms with Crippen molar-refractivity contribution in [1.29, 1.82) is 0 Å². The highest BCUT2D eigenvalue weighted by Crippen LogP contribution is 2.19. The standard InChI is InChI=1S/C15H15NO3S2/c1-12(14-7-9-20-11-14)16-21(18,19)15-6-2-4-13(10-15)5-3-8-17/h2,4,6-7,9-12,16-17H,8H2,1H3. The minimum absolute atomic E-state index is 0.161. The third kappa shape index (κ3) is 4.16. The van der Waals surface area contributed by atoms with Gasteiger partial charge in [0.25, 0.3) is 0 Å². The molecule has 0 saturated carbocycles. The fraction of sp³-hybridized carbons (Fsp3) is 0.200. The summed E-state index contributed by atoms with van der Waals surface area (Å²) >= 11 is 1.52. The van der Waals surface area contributed by atoms with Gasteiger partial charge in [-0.25, -0.2) is 13.1 Å². The Morgan fingerprint density at radius 1 is 1.38 bits per heavy atom. The third-order valence-electron chi connectivity index (χ3n) is 2.83. The van der Waals surface area contributed by atoms with Crippen molar-refractivity contribution < 1.29 is 13.5 Å². The highest BCUT2D eigenvalue weighted by Gasteiger charge is 2.18. The Hall–Kier alpha value is -1.65. The largest absolute Gasteiger partial charge is 0.384 e. The molecule has 2 rings (SSSR count). The molecule has 1 heterocycles. The molecule has 0 aliphatic heterocycles. The van der Waals surface area contributed by atoms with E-state index in [9.17, 15) is 8.42 Å². The van der Waals surface area contributed by atoms with Crippen LogP contribution in [-0.2, 0) is 10.0 Å². The molecule has 4 nitrogen and oxygen atoms in total. The third-order valence-corrected chi connectivity index (χ3v) is 5.07. The van der Waals surface area contributed by atoms with E-state index in [1.165, 1.54) is 23.5 Å². The average Bonchev–Trinajstić information content (AvgIpc) is 2.99. The Labute approximate surface area is 128 Å². The molecule has 1 aromatic carbocycles. The van der Waals surface area contributed by atoms with Crippen molar-refractivity contribution >= 4 is 21.4 Å². The van der Waals surface area contributed by atoms with Crippen molar-refractivity contribution in [3.63, 3.8) is 0 Å². The van der Waals surface area contributed by atoms with Gasteiger partial charge in [-0.05, 0) is 47.5 Å². The lowest BCUT2D eigenvalue weighted by Crippen LogP contribution is -2.26. The molecular weight excluding hydrogens is 306 g/mol. The van der Waals surface area contributed by atoms with Crippen LogP contribution >= 0.6 is 11.3 Å². The molecule has 2 N–H and O–H groups in total. The Morgan fingerprint density at radius 2 is 2.19 bits per heavy atom. The Bertz CT molecular complexity index is 756. The van der Waals surface area contributed by atoms with Gasteiger partial charge in [-0.15, -0.1) is 0 Å². The number of benzene rings is 1.